The van der Waals surface area contributed by atoms with Crippen LogP contribution in [0.1, 0.15) is 106 Å². The van der Waals surface area contributed by atoms with Crippen molar-refractivity contribution in [2.45, 2.75) is 136 Å². The molecule has 0 aromatic carbocycles. The van der Waals surface area contributed by atoms with Crippen molar-refractivity contribution >= 4 is 12.0 Å². The molecule has 1 aliphatic rings. The molecular weight excluding hydrogens is 456 g/mol. The Morgan fingerprint density at radius 3 is 2.08 bits per heavy atom. The van der Waals surface area contributed by atoms with E-state index in [-0.39, 0.29) is 12.3 Å². The largest absolute Gasteiger partial charge is 0.444 e. The van der Waals surface area contributed by atoms with Crippen LogP contribution >= 0.6 is 0 Å². The van der Waals surface area contributed by atoms with Gasteiger partial charge in [-0.05, 0) is 63.7 Å². The highest BCUT2D eigenvalue weighted by Crippen LogP contribution is 2.35. The van der Waals surface area contributed by atoms with Crippen LogP contribution in [-0.2, 0) is 9.53 Å². The van der Waals surface area contributed by atoms with E-state index in [9.17, 15) is 19.8 Å². The predicted molar refractivity (Wildman–Crippen MR) is 146 cm³/mol. The van der Waals surface area contributed by atoms with E-state index in [0.29, 0.717) is 18.8 Å². The molecule has 0 heterocycles. The molecule has 0 spiro atoms. The van der Waals surface area contributed by atoms with E-state index < -0.39 is 41.9 Å². The quantitative estimate of drug-likeness (QED) is 0.236. The van der Waals surface area contributed by atoms with E-state index in [1.807, 2.05) is 13.8 Å². The van der Waals surface area contributed by atoms with Gasteiger partial charge in [0.1, 0.15) is 17.7 Å². The minimum Gasteiger partial charge on any atom is -0.444 e. The minimum absolute atomic E-state index is 0.213. The molecular formula is C29H54N2O5. The second-order valence-electron chi connectivity index (χ2n) is 12.6. The smallest absolute Gasteiger partial charge is 0.408 e. The lowest BCUT2D eigenvalue weighted by molar-refractivity contribution is -0.126. The molecule has 0 saturated heterocycles. The number of hydrogen-bond donors (Lipinski definition) is 4. The number of alkyl carbamates (subject to hydrolysis) is 1. The van der Waals surface area contributed by atoms with Gasteiger partial charge in [0.05, 0.1) is 12.1 Å². The fraction of sp³-hybridized carbons (Fsp3) is 0.862. The van der Waals surface area contributed by atoms with Gasteiger partial charge in [-0.2, -0.15) is 0 Å². The van der Waals surface area contributed by atoms with Gasteiger partial charge in [0.2, 0.25) is 5.91 Å². The van der Waals surface area contributed by atoms with Gasteiger partial charge in [-0.25, -0.2) is 4.79 Å². The zero-order chi connectivity index (χ0) is 27.5. The number of aliphatic hydroxyl groups is 2. The first-order valence-corrected chi connectivity index (χ1v) is 14.0. The number of amides is 2. The molecule has 1 saturated carbocycles. The van der Waals surface area contributed by atoms with Gasteiger partial charge in [0.25, 0.3) is 0 Å². The molecule has 7 nitrogen and oxygen atoms in total. The summed E-state index contributed by atoms with van der Waals surface area (Å²) in [6, 6.07) is -1.47. The lowest BCUT2D eigenvalue weighted by Crippen LogP contribution is -2.55. The number of carbonyl (C=O) groups is 2. The van der Waals surface area contributed by atoms with E-state index in [2.05, 4.69) is 31.1 Å². The third-order valence-corrected chi connectivity index (χ3v) is 6.96. The molecule has 4 atom stereocenters. The average molecular weight is 511 g/mol. The van der Waals surface area contributed by atoms with Crippen LogP contribution in [-0.4, -0.2) is 52.1 Å². The van der Waals surface area contributed by atoms with Crippen molar-refractivity contribution in [2.75, 3.05) is 0 Å². The summed E-state index contributed by atoms with van der Waals surface area (Å²) >= 11 is 0. The van der Waals surface area contributed by atoms with Gasteiger partial charge in [0.15, 0.2) is 0 Å². The number of rotatable bonds is 14. The van der Waals surface area contributed by atoms with Crippen LogP contribution in [0.25, 0.3) is 0 Å². The minimum atomic E-state index is -1.08. The van der Waals surface area contributed by atoms with Crippen LogP contribution in [0.3, 0.4) is 0 Å². The lowest BCUT2D eigenvalue weighted by Gasteiger charge is -2.35. The Morgan fingerprint density at radius 1 is 1.00 bits per heavy atom. The van der Waals surface area contributed by atoms with Crippen LogP contribution in [0.15, 0.2) is 12.7 Å². The fourth-order valence-electron chi connectivity index (χ4n) is 4.99. The Hall–Kier alpha value is -1.60. The molecule has 4 N–H and O–H groups in total. The third-order valence-electron chi connectivity index (χ3n) is 6.96. The topological polar surface area (TPSA) is 108 Å². The van der Waals surface area contributed by atoms with Crippen molar-refractivity contribution < 1.29 is 24.5 Å². The molecule has 0 aliphatic heterocycles. The second kappa shape index (κ2) is 15.6. The molecule has 36 heavy (non-hydrogen) atoms. The van der Waals surface area contributed by atoms with Crippen molar-refractivity contribution in [3.05, 3.63) is 12.7 Å². The molecule has 0 aromatic heterocycles. The number of nitrogens with one attached hydrogen (secondary N) is 2. The number of carbonyl (C=O) groups excluding carboxylic acids is 2. The lowest BCUT2D eigenvalue weighted by atomic mass is 9.76. The van der Waals surface area contributed by atoms with Crippen LogP contribution in [0, 0.1) is 23.7 Å². The van der Waals surface area contributed by atoms with Crippen LogP contribution in [0.4, 0.5) is 4.79 Å². The molecule has 7 heteroatoms. The van der Waals surface area contributed by atoms with Gasteiger partial charge in [-0.3, -0.25) is 4.79 Å². The van der Waals surface area contributed by atoms with Crippen molar-refractivity contribution in [2.24, 2.45) is 23.7 Å². The molecule has 210 valence electrons. The van der Waals surface area contributed by atoms with E-state index in [0.717, 1.165) is 24.7 Å². The highest BCUT2D eigenvalue weighted by atomic mass is 16.6. The third kappa shape index (κ3) is 13.1. The maximum atomic E-state index is 13.2. The molecule has 1 rings (SSSR count). The highest BCUT2D eigenvalue weighted by molar-refractivity contribution is 5.86. The second-order valence-corrected chi connectivity index (χ2v) is 12.6. The van der Waals surface area contributed by atoms with Crippen LogP contribution in [0.5, 0.6) is 0 Å². The van der Waals surface area contributed by atoms with E-state index in [1.165, 1.54) is 25.7 Å². The maximum absolute atomic E-state index is 13.2. The summed E-state index contributed by atoms with van der Waals surface area (Å²) in [5.74, 6) is 1.65. The zero-order valence-electron chi connectivity index (χ0n) is 23.9. The summed E-state index contributed by atoms with van der Waals surface area (Å²) in [6.07, 6.45) is 7.13. The maximum Gasteiger partial charge on any atom is 0.408 e. The summed E-state index contributed by atoms with van der Waals surface area (Å²) in [5.41, 5.74) is -0.688. The molecule has 0 radical (unpaired) electrons. The Labute approximate surface area is 219 Å². The van der Waals surface area contributed by atoms with Gasteiger partial charge < -0.3 is 25.6 Å². The van der Waals surface area contributed by atoms with Gasteiger partial charge >= 0.3 is 6.09 Å². The number of ether oxygens (including phenoxy) is 1. The molecule has 0 aromatic rings. The molecule has 1 fully saturated rings. The fourth-order valence-corrected chi connectivity index (χ4v) is 4.99. The predicted octanol–water partition coefficient (Wildman–Crippen LogP) is 5.34. The monoisotopic (exact) mass is 510 g/mol. The van der Waals surface area contributed by atoms with Crippen molar-refractivity contribution in [1.29, 1.82) is 0 Å². The summed E-state index contributed by atoms with van der Waals surface area (Å²) in [6.45, 7) is 17.5. The van der Waals surface area contributed by atoms with E-state index in [1.54, 1.807) is 26.8 Å². The Bertz CT molecular complexity index is 665. The normalized spacial score (nSPS) is 22.0. The Kier molecular flexibility index (Phi) is 14.1. The van der Waals surface area contributed by atoms with E-state index in [4.69, 9.17) is 4.74 Å². The molecule has 2 amide bonds. The van der Waals surface area contributed by atoms with Gasteiger partial charge in [-0.15, -0.1) is 6.58 Å². The van der Waals surface area contributed by atoms with Gasteiger partial charge in [-0.1, -0.05) is 72.3 Å². The van der Waals surface area contributed by atoms with Crippen LogP contribution < -0.4 is 10.6 Å². The number of aliphatic hydroxyl groups excluding tert-OH is 2. The Balaban J connectivity index is 2.89. The molecule has 0 unspecified atom stereocenters. The summed E-state index contributed by atoms with van der Waals surface area (Å²) < 4.78 is 5.31. The SMILES string of the molecule is C=CC[C@H](NC(=O)OC(C)(C)C)C(=O)N[C@@H](CC1CCC(CCC(C)C)CC1)[C@@H](O)[C@@H](O)CC(C)C. The summed E-state index contributed by atoms with van der Waals surface area (Å²) in [5, 5.41) is 27.3. The summed E-state index contributed by atoms with van der Waals surface area (Å²) in [4.78, 5) is 25.5. The number of hydrogen-bond acceptors (Lipinski definition) is 5. The highest BCUT2D eigenvalue weighted by Gasteiger charge is 2.34. The van der Waals surface area contributed by atoms with Crippen LogP contribution in [0.2, 0.25) is 0 Å². The average Bonchev–Trinajstić information content (AvgIpc) is 2.75. The Morgan fingerprint density at radius 2 is 1.58 bits per heavy atom. The van der Waals surface area contributed by atoms with Crippen molar-refractivity contribution in [3.8, 4) is 0 Å². The van der Waals surface area contributed by atoms with Crippen molar-refractivity contribution in [3.63, 3.8) is 0 Å². The first-order valence-electron chi connectivity index (χ1n) is 14.0. The summed E-state index contributed by atoms with van der Waals surface area (Å²) in [7, 11) is 0. The van der Waals surface area contributed by atoms with E-state index >= 15 is 0 Å². The van der Waals surface area contributed by atoms with Gasteiger partial charge in [0, 0.05) is 0 Å². The molecule has 1 aliphatic carbocycles. The zero-order valence-corrected chi connectivity index (χ0v) is 23.9. The first-order chi connectivity index (χ1) is 16.7. The first kappa shape index (κ1) is 32.4. The van der Waals surface area contributed by atoms with Crippen molar-refractivity contribution in [1.82, 2.24) is 10.6 Å². The molecule has 0 bridgehead atoms. The standard InChI is InChI=1S/C29H54N2O5/c1-9-10-23(31-28(35)36-29(6,7)8)27(34)30-24(26(33)25(32)17-20(4)5)18-22-15-13-21(14-16-22)12-11-19(2)3/h9,19-26,32-33H,1,10-18H2,2-8H3,(H,30,34)(H,31,35)/t21?,22?,23-,24-,25-,26+/m0/s1.